The standard InChI is InChI=1S/C25H31N3O2/c1-4-17(2)20-13-11-19(12-14-20)16-28-22-9-6-5-8-21(22)27-24(28)18(3)26-25(29)23-10-7-15-30-23/h5-6,8-9,11-14,17-18,23H,4,7,10,15-16H2,1-3H3,(H,26,29). The Morgan fingerprint density at radius 2 is 1.97 bits per heavy atom. The van der Waals surface area contributed by atoms with E-state index in [0.717, 1.165) is 42.7 Å². The number of ether oxygens (including phenoxy) is 1. The fraction of sp³-hybridized carbons (Fsp3) is 0.440. The first-order valence-electron chi connectivity index (χ1n) is 11.0. The monoisotopic (exact) mass is 405 g/mol. The summed E-state index contributed by atoms with van der Waals surface area (Å²) in [5.41, 5.74) is 4.62. The van der Waals surface area contributed by atoms with Gasteiger partial charge in [0.2, 0.25) is 5.91 Å². The fourth-order valence-corrected chi connectivity index (χ4v) is 4.12. The number of nitrogens with zero attached hydrogens (tertiary/aromatic N) is 2. The van der Waals surface area contributed by atoms with Crippen LogP contribution in [-0.2, 0) is 16.1 Å². The maximum atomic E-state index is 12.6. The predicted molar refractivity (Wildman–Crippen MR) is 120 cm³/mol. The number of carbonyl (C=O) groups is 1. The van der Waals surface area contributed by atoms with Gasteiger partial charge >= 0.3 is 0 Å². The lowest BCUT2D eigenvalue weighted by Gasteiger charge is -2.18. The second-order valence-electron chi connectivity index (χ2n) is 8.33. The molecule has 0 spiro atoms. The summed E-state index contributed by atoms with van der Waals surface area (Å²) in [6.45, 7) is 7.86. The van der Waals surface area contributed by atoms with Crippen LogP contribution in [0.15, 0.2) is 48.5 Å². The lowest BCUT2D eigenvalue weighted by Crippen LogP contribution is -2.36. The number of rotatable bonds is 7. The summed E-state index contributed by atoms with van der Waals surface area (Å²) < 4.78 is 7.75. The van der Waals surface area contributed by atoms with Gasteiger partial charge in [-0.2, -0.15) is 0 Å². The van der Waals surface area contributed by atoms with E-state index >= 15 is 0 Å². The van der Waals surface area contributed by atoms with Crippen LogP contribution in [0.5, 0.6) is 0 Å². The van der Waals surface area contributed by atoms with Crippen LogP contribution in [0.4, 0.5) is 0 Å². The van der Waals surface area contributed by atoms with E-state index in [4.69, 9.17) is 9.72 Å². The number of nitrogens with one attached hydrogen (secondary N) is 1. The maximum Gasteiger partial charge on any atom is 0.249 e. The molecule has 1 aliphatic rings. The predicted octanol–water partition coefficient (Wildman–Crippen LogP) is 4.95. The van der Waals surface area contributed by atoms with Crippen LogP contribution < -0.4 is 5.32 Å². The molecule has 0 bridgehead atoms. The highest BCUT2D eigenvalue weighted by atomic mass is 16.5. The van der Waals surface area contributed by atoms with Crippen LogP contribution in [0.2, 0.25) is 0 Å². The summed E-state index contributed by atoms with van der Waals surface area (Å²) in [6.07, 6.45) is 2.53. The van der Waals surface area contributed by atoms with E-state index in [0.29, 0.717) is 12.5 Å². The maximum absolute atomic E-state index is 12.6. The normalized spacial score (nSPS) is 18.4. The lowest BCUT2D eigenvalue weighted by molar-refractivity contribution is -0.130. The van der Waals surface area contributed by atoms with Crippen molar-refractivity contribution in [1.29, 1.82) is 0 Å². The van der Waals surface area contributed by atoms with Crippen LogP contribution in [-0.4, -0.2) is 28.2 Å². The summed E-state index contributed by atoms with van der Waals surface area (Å²) in [6, 6.07) is 16.8. The largest absolute Gasteiger partial charge is 0.368 e. The van der Waals surface area contributed by atoms with Gasteiger partial charge in [-0.25, -0.2) is 4.98 Å². The molecule has 1 saturated heterocycles. The Kier molecular flexibility index (Phi) is 6.18. The number of carbonyl (C=O) groups excluding carboxylic acids is 1. The fourth-order valence-electron chi connectivity index (χ4n) is 4.12. The van der Waals surface area contributed by atoms with Gasteiger partial charge in [0.1, 0.15) is 11.9 Å². The van der Waals surface area contributed by atoms with E-state index in [1.54, 1.807) is 0 Å². The Morgan fingerprint density at radius 1 is 1.20 bits per heavy atom. The summed E-state index contributed by atoms with van der Waals surface area (Å²) >= 11 is 0. The topological polar surface area (TPSA) is 56.2 Å². The Labute approximate surface area is 178 Å². The molecule has 3 unspecified atom stereocenters. The molecule has 0 saturated carbocycles. The van der Waals surface area contributed by atoms with Crippen LogP contribution >= 0.6 is 0 Å². The summed E-state index contributed by atoms with van der Waals surface area (Å²) in [5.74, 6) is 1.39. The van der Waals surface area contributed by atoms with E-state index in [1.807, 2.05) is 25.1 Å². The van der Waals surface area contributed by atoms with Crippen molar-refractivity contribution < 1.29 is 9.53 Å². The second kappa shape index (κ2) is 9.00. The van der Waals surface area contributed by atoms with Crippen molar-refractivity contribution in [2.75, 3.05) is 6.61 Å². The first-order chi connectivity index (χ1) is 14.6. The third-order valence-corrected chi connectivity index (χ3v) is 6.15. The minimum absolute atomic E-state index is 0.0449. The number of imidazole rings is 1. The van der Waals surface area contributed by atoms with Crippen molar-refractivity contribution in [3.63, 3.8) is 0 Å². The minimum Gasteiger partial charge on any atom is -0.368 e. The molecular formula is C25H31N3O2. The number of benzene rings is 2. The number of aromatic nitrogens is 2. The van der Waals surface area contributed by atoms with Crippen molar-refractivity contribution in [3.05, 3.63) is 65.5 Å². The van der Waals surface area contributed by atoms with Crippen molar-refractivity contribution in [3.8, 4) is 0 Å². The molecule has 3 aromatic rings. The molecule has 1 amide bonds. The third kappa shape index (κ3) is 4.26. The smallest absolute Gasteiger partial charge is 0.249 e. The van der Waals surface area contributed by atoms with Gasteiger partial charge in [-0.1, -0.05) is 50.2 Å². The summed E-state index contributed by atoms with van der Waals surface area (Å²) in [4.78, 5) is 17.4. The van der Waals surface area contributed by atoms with Gasteiger partial charge in [0.15, 0.2) is 0 Å². The molecular weight excluding hydrogens is 374 g/mol. The molecule has 30 heavy (non-hydrogen) atoms. The molecule has 4 rings (SSSR count). The second-order valence-corrected chi connectivity index (χ2v) is 8.33. The van der Waals surface area contributed by atoms with Crippen LogP contribution in [0.1, 0.15) is 68.9 Å². The van der Waals surface area contributed by atoms with Crippen molar-refractivity contribution in [1.82, 2.24) is 14.9 Å². The molecule has 158 valence electrons. The Hall–Kier alpha value is -2.66. The molecule has 5 nitrogen and oxygen atoms in total. The molecule has 1 aliphatic heterocycles. The molecule has 1 aromatic heterocycles. The van der Waals surface area contributed by atoms with E-state index in [2.05, 4.69) is 54.1 Å². The van der Waals surface area contributed by atoms with Gasteiger partial charge < -0.3 is 14.6 Å². The van der Waals surface area contributed by atoms with Crippen LogP contribution in [0.25, 0.3) is 11.0 Å². The quantitative estimate of drug-likeness (QED) is 0.605. The molecule has 1 fully saturated rings. The molecule has 1 N–H and O–H groups in total. The van der Waals surface area contributed by atoms with Gasteiger partial charge in [0, 0.05) is 13.2 Å². The number of fused-ring (bicyclic) bond motifs is 1. The van der Waals surface area contributed by atoms with Crippen LogP contribution in [0, 0.1) is 0 Å². The van der Waals surface area contributed by atoms with Gasteiger partial charge in [0.05, 0.1) is 17.1 Å². The minimum atomic E-state index is -0.335. The zero-order valence-electron chi connectivity index (χ0n) is 18.1. The zero-order valence-corrected chi connectivity index (χ0v) is 18.1. The first kappa shape index (κ1) is 20.6. The first-order valence-corrected chi connectivity index (χ1v) is 11.0. The third-order valence-electron chi connectivity index (χ3n) is 6.15. The highest BCUT2D eigenvalue weighted by molar-refractivity contribution is 5.81. The van der Waals surface area contributed by atoms with Crippen molar-refractivity contribution in [2.45, 2.75) is 64.6 Å². The SMILES string of the molecule is CCC(C)c1ccc(Cn2c(C(C)NC(=O)C3CCCO3)nc3ccccc32)cc1. The van der Waals surface area contributed by atoms with Crippen LogP contribution in [0.3, 0.4) is 0 Å². The highest BCUT2D eigenvalue weighted by Gasteiger charge is 2.26. The van der Waals surface area contributed by atoms with E-state index in [9.17, 15) is 4.79 Å². The average Bonchev–Trinajstić information content (AvgIpc) is 3.43. The van der Waals surface area contributed by atoms with Gasteiger partial charge in [0.25, 0.3) is 0 Å². The molecule has 5 heteroatoms. The Bertz CT molecular complexity index is 1000. The van der Waals surface area contributed by atoms with Gasteiger partial charge in [-0.15, -0.1) is 0 Å². The molecule has 2 aromatic carbocycles. The van der Waals surface area contributed by atoms with E-state index in [1.165, 1.54) is 11.1 Å². The van der Waals surface area contributed by atoms with Crippen molar-refractivity contribution >= 4 is 16.9 Å². The van der Waals surface area contributed by atoms with Gasteiger partial charge in [-0.3, -0.25) is 4.79 Å². The van der Waals surface area contributed by atoms with Gasteiger partial charge in [-0.05, 0) is 55.4 Å². The van der Waals surface area contributed by atoms with Crippen molar-refractivity contribution in [2.24, 2.45) is 0 Å². The summed E-state index contributed by atoms with van der Waals surface area (Å²) in [5, 5.41) is 3.11. The lowest BCUT2D eigenvalue weighted by atomic mass is 9.97. The Balaban J connectivity index is 1.60. The number of para-hydroxylation sites is 2. The van der Waals surface area contributed by atoms with E-state index < -0.39 is 0 Å². The average molecular weight is 406 g/mol. The number of amides is 1. The molecule has 0 aliphatic carbocycles. The highest BCUT2D eigenvalue weighted by Crippen LogP contribution is 2.24. The molecule has 3 atom stereocenters. The van der Waals surface area contributed by atoms with E-state index in [-0.39, 0.29) is 18.1 Å². The molecule has 0 radical (unpaired) electrons. The molecule has 2 heterocycles. The summed E-state index contributed by atoms with van der Waals surface area (Å²) in [7, 11) is 0. The number of hydrogen-bond donors (Lipinski definition) is 1. The zero-order chi connectivity index (χ0) is 21.1. The Morgan fingerprint density at radius 3 is 2.67 bits per heavy atom. The number of hydrogen-bond acceptors (Lipinski definition) is 3.